The monoisotopic (exact) mass is 236 g/mol. The molecule has 0 amide bonds. The minimum atomic E-state index is -1.47. The molecule has 0 atom stereocenters. The summed E-state index contributed by atoms with van der Waals surface area (Å²) < 4.78 is 10.3. The number of aliphatic carboxylic acids is 1. The lowest BCUT2D eigenvalue weighted by Crippen LogP contribution is -2.15. The maximum absolute atomic E-state index is 11.6. The van der Waals surface area contributed by atoms with Crippen molar-refractivity contribution in [2.75, 3.05) is 6.79 Å². The van der Waals surface area contributed by atoms with Crippen LogP contribution in [0.5, 0.6) is 11.5 Å². The molecule has 90 valence electrons. The highest BCUT2D eigenvalue weighted by atomic mass is 16.7. The fourth-order valence-corrected chi connectivity index (χ4v) is 1.75. The minimum Gasteiger partial charge on any atom is -0.475 e. The fraction of sp³-hybridized carbons (Fsp3) is 0.333. The zero-order chi connectivity index (χ0) is 12.6. The second-order valence-corrected chi connectivity index (χ2v) is 4.08. The van der Waals surface area contributed by atoms with E-state index in [9.17, 15) is 9.59 Å². The number of fused-ring (bicyclic) bond motifs is 1. The van der Waals surface area contributed by atoms with Gasteiger partial charge in [-0.05, 0) is 23.6 Å². The van der Waals surface area contributed by atoms with E-state index in [1.54, 1.807) is 6.07 Å². The van der Waals surface area contributed by atoms with Gasteiger partial charge in [0.2, 0.25) is 6.79 Å². The van der Waals surface area contributed by atoms with Gasteiger partial charge in [0, 0.05) is 5.56 Å². The molecule has 0 aromatic heterocycles. The molecule has 0 aliphatic carbocycles. The Morgan fingerprint density at radius 3 is 2.35 bits per heavy atom. The van der Waals surface area contributed by atoms with Crippen LogP contribution in [-0.4, -0.2) is 23.7 Å². The maximum Gasteiger partial charge on any atom is 0.377 e. The lowest BCUT2D eigenvalue weighted by atomic mass is 9.94. The second kappa shape index (κ2) is 4.08. The Balaban J connectivity index is 2.56. The lowest BCUT2D eigenvalue weighted by molar-refractivity contribution is -0.131. The molecule has 17 heavy (non-hydrogen) atoms. The van der Waals surface area contributed by atoms with Gasteiger partial charge in [-0.1, -0.05) is 13.8 Å². The van der Waals surface area contributed by atoms with Gasteiger partial charge in [-0.2, -0.15) is 0 Å². The summed E-state index contributed by atoms with van der Waals surface area (Å²) in [6, 6.07) is 3.11. The lowest BCUT2D eigenvalue weighted by Gasteiger charge is -2.11. The van der Waals surface area contributed by atoms with E-state index >= 15 is 0 Å². The first-order valence-corrected chi connectivity index (χ1v) is 5.22. The van der Waals surface area contributed by atoms with E-state index in [1.165, 1.54) is 6.07 Å². The highest BCUT2D eigenvalue weighted by Gasteiger charge is 2.25. The van der Waals surface area contributed by atoms with Gasteiger partial charge in [-0.15, -0.1) is 0 Å². The molecular formula is C12H12O5. The largest absolute Gasteiger partial charge is 0.475 e. The van der Waals surface area contributed by atoms with E-state index < -0.39 is 11.8 Å². The van der Waals surface area contributed by atoms with Crippen LogP contribution >= 0.6 is 0 Å². The average molecular weight is 236 g/mol. The maximum atomic E-state index is 11.6. The smallest absolute Gasteiger partial charge is 0.377 e. The molecule has 0 saturated carbocycles. The number of carboxylic acid groups (broad SMARTS) is 1. The van der Waals surface area contributed by atoms with Crippen molar-refractivity contribution in [1.82, 2.24) is 0 Å². The summed E-state index contributed by atoms with van der Waals surface area (Å²) in [5.74, 6) is -1.39. The van der Waals surface area contributed by atoms with E-state index in [0.717, 1.165) is 0 Å². The van der Waals surface area contributed by atoms with Crippen LogP contribution in [0.3, 0.4) is 0 Å². The van der Waals surface area contributed by atoms with Crippen LogP contribution in [0.4, 0.5) is 0 Å². The molecule has 5 heteroatoms. The standard InChI is InChI=1S/C12H12O5/c1-6(2)7-3-9-10(17-5-16-9)4-8(7)11(13)12(14)15/h3-4,6H,5H2,1-2H3,(H,14,15). The van der Waals surface area contributed by atoms with Crippen molar-refractivity contribution >= 4 is 11.8 Å². The number of benzene rings is 1. The van der Waals surface area contributed by atoms with E-state index in [0.29, 0.717) is 17.1 Å². The third-order valence-corrected chi connectivity index (χ3v) is 2.61. The number of hydrogen-bond donors (Lipinski definition) is 1. The van der Waals surface area contributed by atoms with Crippen LogP contribution in [0.2, 0.25) is 0 Å². The Morgan fingerprint density at radius 2 is 1.82 bits per heavy atom. The number of carbonyl (C=O) groups excluding carboxylic acids is 1. The Morgan fingerprint density at radius 1 is 1.24 bits per heavy atom. The van der Waals surface area contributed by atoms with Gasteiger partial charge in [0.1, 0.15) is 0 Å². The molecule has 0 bridgehead atoms. The first-order valence-electron chi connectivity index (χ1n) is 5.22. The van der Waals surface area contributed by atoms with Crippen LogP contribution < -0.4 is 9.47 Å². The van der Waals surface area contributed by atoms with Gasteiger partial charge in [0.05, 0.1) is 0 Å². The Bertz CT molecular complexity index is 490. The molecule has 1 heterocycles. The Hall–Kier alpha value is -2.04. The number of carbonyl (C=O) groups is 2. The summed E-state index contributed by atoms with van der Waals surface area (Å²) in [5, 5.41) is 8.77. The molecule has 1 aromatic carbocycles. The van der Waals surface area contributed by atoms with Crippen LogP contribution in [0.25, 0.3) is 0 Å². The van der Waals surface area contributed by atoms with Gasteiger partial charge < -0.3 is 14.6 Å². The van der Waals surface area contributed by atoms with Gasteiger partial charge in [0.15, 0.2) is 11.5 Å². The number of rotatable bonds is 3. The summed E-state index contributed by atoms with van der Waals surface area (Å²) >= 11 is 0. The molecule has 1 N–H and O–H groups in total. The predicted octanol–water partition coefficient (Wildman–Crippen LogP) is 1.81. The highest BCUT2D eigenvalue weighted by Crippen LogP contribution is 2.37. The molecule has 5 nitrogen and oxygen atoms in total. The van der Waals surface area contributed by atoms with E-state index in [2.05, 4.69) is 0 Å². The normalized spacial score (nSPS) is 12.9. The Labute approximate surface area is 98.0 Å². The summed E-state index contributed by atoms with van der Waals surface area (Å²) in [7, 11) is 0. The number of carboxylic acids is 1. The van der Waals surface area contributed by atoms with Gasteiger partial charge >= 0.3 is 5.97 Å². The van der Waals surface area contributed by atoms with Gasteiger partial charge in [0.25, 0.3) is 5.78 Å². The SMILES string of the molecule is CC(C)c1cc2c(cc1C(=O)C(=O)O)OCO2. The third-order valence-electron chi connectivity index (χ3n) is 2.61. The number of ether oxygens (including phenoxy) is 2. The molecular weight excluding hydrogens is 224 g/mol. The molecule has 1 aliphatic heterocycles. The number of hydrogen-bond acceptors (Lipinski definition) is 4. The zero-order valence-corrected chi connectivity index (χ0v) is 9.52. The van der Waals surface area contributed by atoms with Crippen molar-refractivity contribution in [3.05, 3.63) is 23.3 Å². The van der Waals surface area contributed by atoms with Gasteiger partial charge in [-0.3, -0.25) is 4.79 Å². The summed E-state index contributed by atoms with van der Waals surface area (Å²) in [5.41, 5.74) is 0.818. The minimum absolute atomic E-state index is 0.0304. The van der Waals surface area contributed by atoms with Crippen LogP contribution in [-0.2, 0) is 4.79 Å². The quantitative estimate of drug-likeness (QED) is 0.640. The van der Waals surface area contributed by atoms with Crippen LogP contribution in [0, 0.1) is 0 Å². The van der Waals surface area contributed by atoms with Crippen molar-refractivity contribution < 1.29 is 24.2 Å². The third kappa shape index (κ3) is 1.95. The second-order valence-electron chi connectivity index (χ2n) is 4.08. The first kappa shape index (κ1) is 11.4. The first-order chi connectivity index (χ1) is 8.00. The molecule has 2 rings (SSSR count). The predicted molar refractivity (Wildman–Crippen MR) is 58.6 cm³/mol. The fourth-order valence-electron chi connectivity index (χ4n) is 1.75. The molecule has 0 fully saturated rings. The molecule has 0 radical (unpaired) electrons. The number of ketones is 1. The van der Waals surface area contributed by atoms with Crippen molar-refractivity contribution in [3.63, 3.8) is 0 Å². The van der Waals surface area contributed by atoms with Gasteiger partial charge in [-0.25, -0.2) is 4.79 Å². The Kier molecular flexibility index (Phi) is 2.75. The van der Waals surface area contributed by atoms with Crippen LogP contribution in [0.15, 0.2) is 12.1 Å². The van der Waals surface area contributed by atoms with E-state index in [1.807, 2.05) is 13.8 Å². The van der Waals surface area contributed by atoms with Crippen molar-refractivity contribution in [3.8, 4) is 11.5 Å². The highest BCUT2D eigenvalue weighted by molar-refractivity contribution is 6.40. The topological polar surface area (TPSA) is 72.8 Å². The summed E-state index contributed by atoms with van der Waals surface area (Å²) in [6.45, 7) is 3.86. The number of Topliss-reactive ketones (excluding diaryl/α,β-unsaturated/α-hetero) is 1. The molecule has 0 saturated heterocycles. The van der Waals surface area contributed by atoms with Crippen molar-refractivity contribution in [2.24, 2.45) is 0 Å². The van der Waals surface area contributed by atoms with Crippen LogP contribution in [0.1, 0.15) is 35.7 Å². The van der Waals surface area contributed by atoms with E-state index in [-0.39, 0.29) is 18.3 Å². The zero-order valence-electron chi connectivity index (χ0n) is 9.52. The molecule has 0 spiro atoms. The van der Waals surface area contributed by atoms with E-state index in [4.69, 9.17) is 14.6 Å². The average Bonchev–Trinajstić information content (AvgIpc) is 2.72. The molecule has 0 unspecified atom stereocenters. The summed E-state index contributed by atoms with van der Waals surface area (Å²) in [4.78, 5) is 22.3. The summed E-state index contributed by atoms with van der Waals surface area (Å²) in [6.07, 6.45) is 0. The van der Waals surface area contributed by atoms with Crippen molar-refractivity contribution in [1.29, 1.82) is 0 Å². The van der Waals surface area contributed by atoms with Crippen molar-refractivity contribution in [2.45, 2.75) is 19.8 Å². The molecule has 1 aliphatic rings. The molecule has 1 aromatic rings.